The van der Waals surface area contributed by atoms with Gasteiger partial charge >= 0.3 is 0 Å². The van der Waals surface area contributed by atoms with E-state index in [1.54, 1.807) is 0 Å². The van der Waals surface area contributed by atoms with Crippen molar-refractivity contribution >= 4 is 43.2 Å². The van der Waals surface area contributed by atoms with E-state index in [0.717, 1.165) is 25.9 Å². The van der Waals surface area contributed by atoms with Crippen molar-refractivity contribution in [2.24, 2.45) is 0 Å². The summed E-state index contributed by atoms with van der Waals surface area (Å²) in [4.78, 5) is 0. The average Bonchev–Trinajstić information content (AvgIpc) is 2.34. The summed E-state index contributed by atoms with van der Waals surface area (Å²) in [5, 5.41) is 12.4. The first kappa shape index (κ1) is 13.1. The summed E-state index contributed by atoms with van der Waals surface area (Å²) in [6.07, 6.45) is 0. The van der Waals surface area contributed by atoms with Crippen molar-refractivity contribution in [1.82, 2.24) is 0 Å². The van der Waals surface area contributed by atoms with E-state index < -0.39 is 0 Å². The maximum absolute atomic E-state index is 9.13. The maximum atomic E-state index is 9.13. The first-order chi connectivity index (χ1) is 8.60. The van der Waals surface area contributed by atoms with E-state index in [4.69, 9.17) is 5.26 Å². The van der Waals surface area contributed by atoms with Gasteiger partial charge in [-0.25, -0.2) is 0 Å². The minimum Gasteiger partial charge on any atom is -0.354 e. The smallest absolute Gasteiger partial charge is 0.101 e. The summed E-state index contributed by atoms with van der Waals surface area (Å²) >= 11 is 6.90. The Morgan fingerprint density at radius 3 is 2.44 bits per heavy atom. The molecule has 2 aromatic rings. The zero-order valence-electron chi connectivity index (χ0n) is 9.67. The lowest BCUT2D eigenvalue weighted by atomic mass is 10.1. The molecule has 0 aromatic heterocycles. The number of benzene rings is 2. The maximum Gasteiger partial charge on any atom is 0.101 e. The van der Waals surface area contributed by atoms with Crippen molar-refractivity contribution in [2.75, 3.05) is 5.32 Å². The van der Waals surface area contributed by atoms with Gasteiger partial charge in [0, 0.05) is 8.95 Å². The molecular weight excluding hydrogens is 356 g/mol. The van der Waals surface area contributed by atoms with Crippen LogP contribution in [0.5, 0.6) is 0 Å². The average molecular weight is 366 g/mol. The van der Waals surface area contributed by atoms with Gasteiger partial charge in [-0.15, -0.1) is 0 Å². The molecule has 0 amide bonds. The van der Waals surface area contributed by atoms with Crippen LogP contribution in [0.25, 0.3) is 0 Å². The summed E-state index contributed by atoms with van der Waals surface area (Å²) in [6, 6.07) is 13.8. The van der Waals surface area contributed by atoms with Crippen LogP contribution in [0.1, 0.15) is 11.1 Å². The molecule has 0 aliphatic heterocycles. The van der Waals surface area contributed by atoms with Crippen molar-refractivity contribution in [3.8, 4) is 6.07 Å². The molecule has 0 atom stereocenters. The molecule has 18 heavy (non-hydrogen) atoms. The zero-order valence-corrected chi connectivity index (χ0v) is 12.8. The molecule has 4 heteroatoms. The lowest BCUT2D eigenvalue weighted by Crippen LogP contribution is -1.95. The predicted molar refractivity (Wildman–Crippen MR) is 81.0 cm³/mol. The van der Waals surface area contributed by atoms with Crippen LogP contribution in [-0.4, -0.2) is 0 Å². The highest BCUT2D eigenvalue weighted by Gasteiger charge is 2.05. The molecule has 0 radical (unpaired) electrons. The summed E-state index contributed by atoms with van der Waals surface area (Å²) in [5.74, 6) is 0. The summed E-state index contributed by atoms with van der Waals surface area (Å²) in [6.45, 7) is 1.97. The molecule has 0 saturated heterocycles. The number of nitrogens with zero attached hydrogens (tertiary/aromatic N) is 1. The van der Waals surface area contributed by atoms with Crippen molar-refractivity contribution in [3.63, 3.8) is 0 Å². The second kappa shape index (κ2) is 5.55. The van der Waals surface area contributed by atoms with Gasteiger partial charge < -0.3 is 5.32 Å². The summed E-state index contributed by atoms with van der Waals surface area (Å²) in [5.41, 5.74) is 3.46. The standard InChI is InChI=1S/C14H10Br2N2/c1-9-2-4-13(10(6-9)8-17)18-14-5-3-11(15)7-12(14)16/h2-7,18H,1H3. The van der Waals surface area contributed by atoms with Crippen molar-refractivity contribution < 1.29 is 0 Å². The largest absolute Gasteiger partial charge is 0.354 e. The Kier molecular flexibility index (Phi) is 4.05. The number of hydrogen-bond acceptors (Lipinski definition) is 2. The molecule has 0 saturated carbocycles. The lowest BCUT2D eigenvalue weighted by molar-refractivity contribution is 1.40. The molecule has 0 bridgehead atoms. The molecule has 0 fully saturated rings. The normalized spacial score (nSPS) is 9.89. The number of nitriles is 1. The van der Waals surface area contributed by atoms with Gasteiger partial charge in [0.05, 0.1) is 16.9 Å². The van der Waals surface area contributed by atoms with Crippen molar-refractivity contribution in [3.05, 3.63) is 56.5 Å². The van der Waals surface area contributed by atoms with Crippen LogP contribution in [0.2, 0.25) is 0 Å². The minimum atomic E-state index is 0.643. The SMILES string of the molecule is Cc1ccc(Nc2ccc(Br)cc2Br)c(C#N)c1. The van der Waals surface area contributed by atoms with E-state index in [9.17, 15) is 0 Å². The highest BCUT2D eigenvalue weighted by molar-refractivity contribution is 9.11. The predicted octanol–water partition coefficient (Wildman–Crippen LogP) is 5.14. The van der Waals surface area contributed by atoms with Crippen LogP contribution in [-0.2, 0) is 0 Å². The van der Waals surface area contributed by atoms with Gasteiger partial charge in [0.2, 0.25) is 0 Å². The summed E-state index contributed by atoms with van der Waals surface area (Å²) in [7, 11) is 0. The Morgan fingerprint density at radius 1 is 1.06 bits per heavy atom. The first-order valence-electron chi connectivity index (χ1n) is 5.33. The minimum absolute atomic E-state index is 0.643. The van der Waals surface area contributed by atoms with Crippen molar-refractivity contribution in [2.45, 2.75) is 6.92 Å². The molecule has 0 heterocycles. The van der Waals surface area contributed by atoms with Gasteiger partial charge in [-0.2, -0.15) is 5.26 Å². The van der Waals surface area contributed by atoms with Gasteiger partial charge in [0.25, 0.3) is 0 Å². The van der Waals surface area contributed by atoms with Crippen molar-refractivity contribution in [1.29, 1.82) is 5.26 Å². The second-order valence-corrected chi connectivity index (χ2v) is 5.68. The number of anilines is 2. The van der Waals surface area contributed by atoms with Crippen LogP contribution in [0, 0.1) is 18.3 Å². The fourth-order valence-electron chi connectivity index (χ4n) is 1.60. The number of hydrogen-bond donors (Lipinski definition) is 1. The van der Waals surface area contributed by atoms with E-state index in [2.05, 4.69) is 43.2 Å². The third kappa shape index (κ3) is 2.92. The Labute approximate surface area is 123 Å². The fourth-order valence-corrected chi connectivity index (χ4v) is 2.74. The van der Waals surface area contributed by atoms with Gasteiger partial charge in [-0.05, 0) is 58.7 Å². The monoisotopic (exact) mass is 364 g/mol. The lowest BCUT2D eigenvalue weighted by Gasteiger charge is -2.10. The van der Waals surface area contributed by atoms with Crippen LogP contribution < -0.4 is 5.32 Å². The second-order valence-electron chi connectivity index (χ2n) is 3.91. The highest BCUT2D eigenvalue weighted by Crippen LogP contribution is 2.30. The Balaban J connectivity index is 2.37. The number of halogens is 2. The van der Waals surface area contributed by atoms with Gasteiger partial charge in [0.15, 0.2) is 0 Å². The Morgan fingerprint density at radius 2 is 1.78 bits per heavy atom. The van der Waals surface area contributed by atoms with Crippen LogP contribution >= 0.6 is 31.9 Å². The molecule has 2 nitrogen and oxygen atoms in total. The topological polar surface area (TPSA) is 35.8 Å². The van der Waals surface area contributed by atoms with Crippen LogP contribution in [0.15, 0.2) is 45.3 Å². The molecule has 0 unspecified atom stereocenters. The van der Waals surface area contributed by atoms with E-state index in [1.807, 2.05) is 43.3 Å². The zero-order chi connectivity index (χ0) is 13.1. The molecule has 0 spiro atoms. The van der Waals surface area contributed by atoms with Crippen LogP contribution in [0.4, 0.5) is 11.4 Å². The molecule has 90 valence electrons. The molecule has 2 rings (SSSR count). The third-order valence-electron chi connectivity index (χ3n) is 2.50. The number of nitrogens with one attached hydrogen (secondary N) is 1. The van der Waals surface area contributed by atoms with Gasteiger partial charge in [-0.3, -0.25) is 0 Å². The van der Waals surface area contributed by atoms with Crippen LogP contribution in [0.3, 0.4) is 0 Å². The first-order valence-corrected chi connectivity index (χ1v) is 6.91. The van der Waals surface area contributed by atoms with E-state index in [1.165, 1.54) is 0 Å². The van der Waals surface area contributed by atoms with Gasteiger partial charge in [0.1, 0.15) is 6.07 Å². The molecule has 0 aliphatic carbocycles. The third-order valence-corrected chi connectivity index (χ3v) is 3.65. The van der Waals surface area contributed by atoms with Gasteiger partial charge in [-0.1, -0.05) is 22.0 Å². The quantitative estimate of drug-likeness (QED) is 0.800. The molecule has 1 N–H and O–H groups in total. The highest BCUT2D eigenvalue weighted by atomic mass is 79.9. The Bertz CT molecular complexity index is 630. The molecule has 2 aromatic carbocycles. The summed E-state index contributed by atoms with van der Waals surface area (Å²) < 4.78 is 1.95. The van der Waals surface area contributed by atoms with E-state index >= 15 is 0 Å². The van der Waals surface area contributed by atoms with E-state index in [-0.39, 0.29) is 0 Å². The fraction of sp³-hybridized carbons (Fsp3) is 0.0714. The molecule has 0 aliphatic rings. The number of rotatable bonds is 2. The Hall–Kier alpha value is -1.31. The molecular formula is C14H10Br2N2. The van der Waals surface area contributed by atoms with E-state index in [0.29, 0.717) is 5.56 Å². The number of aryl methyl sites for hydroxylation is 1.